The Morgan fingerprint density at radius 2 is 2.10 bits per heavy atom. The van der Waals surface area contributed by atoms with E-state index in [4.69, 9.17) is 4.74 Å². The molecule has 0 spiro atoms. The summed E-state index contributed by atoms with van der Waals surface area (Å²) in [7, 11) is 0. The minimum Gasteiger partial charge on any atom is -0.488 e. The van der Waals surface area contributed by atoms with Gasteiger partial charge in [-0.1, -0.05) is 24.1 Å². The number of aryl methyl sites for hydroxylation is 1. The standard InChI is InChI=1S/C18H28N2O/c1-14-6-7-18-16(10-14)11-17(21-18)13-19-12-15(2)20-8-4-3-5-9-20/h6-7,10,15,17,19H,3-5,8-9,11-13H2,1-2H3. The molecule has 2 unspecified atom stereocenters. The van der Waals surface area contributed by atoms with Crippen LogP contribution in [0.5, 0.6) is 5.75 Å². The molecular formula is C18H28N2O. The molecule has 2 heterocycles. The summed E-state index contributed by atoms with van der Waals surface area (Å²) >= 11 is 0. The van der Waals surface area contributed by atoms with Gasteiger partial charge in [-0.05, 0) is 51.4 Å². The molecular weight excluding hydrogens is 260 g/mol. The van der Waals surface area contributed by atoms with Gasteiger partial charge in [0, 0.05) is 25.6 Å². The molecule has 1 saturated heterocycles. The van der Waals surface area contributed by atoms with Gasteiger partial charge >= 0.3 is 0 Å². The quantitative estimate of drug-likeness (QED) is 0.901. The predicted molar refractivity (Wildman–Crippen MR) is 87.1 cm³/mol. The van der Waals surface area contributed by atoms with Crippen LogP contribution in [0.4, 0.5) is 0 Å². The molecule has 3 heteroatoms. The number of rotatable bonds is 5. The molecule has 0 bridgehead atoms. The van der Waals surface area contributed by atoms with Crippen molar-refractivity contribution in [2.75, 3.05) is 26.2 Å². The van der Waals surface area contributed by atoms with E-state index in [2.05, 4.69) is 42.3 Å². The molecule has 0 saturated carbocycles. The third-order valence-electron chi connectivity index (χ3n) is 4.78. The van der Waals surface area contributed by atoms with Gasteiger partial charge in [0.05, 0.1) is 0 Å². The van der Waals surface area contributed by atoms with Crippen molar-refractivity contribution in [3.63, 3.8) is 0 Å². The van der Waals surface area contributed by atoms with Crippen LogP contribution in [0.15, 0.2) is 18.2 Å². The largest absolute Gasteiger partial charge is 0.488 e. The Bertz CT molecular complexity index is 468. The fraction of sp³-hybridized carbons (Fsp3) is 0.667. The summed E-state index contributed by atoms with van der Waals surface area (Å²) in [4.78, 5) is 2.62. The minimum atomic E-state index is 0.301. The Morgan fingerprint density at radius 3 is 2.90 bits per heavy atom. The van der Waals surface area contributed by atoms with Gasteiger partial charge < -0.3 is 10.1 Å². The molecule has 21 heavy (non-hydrogen) atoms. The van der Waals surface area contributed by atoms with Gasteiger partial charge in [0.25, 0.3) is 0 Å². The maximum absolute atomic E-state index is 6.01. The first-order valence-electron chi connectivity index (χ1n) is 8.43. The van der Waals surface area contributed by atoms with Gasteiger partial charge in [0.2, 0.25) is 0 Å². The fourth-order valence-electron chi connectivity index (χ4n) is 3.50. The van der Waals surface area contributed by atoms with Gasteiger partial charge in [-0.25, -0.2) is 0 Å². The lowest BCUT2D eigenvalue weighted by atomic mass is 10.1. The molecule has 1 aromatic rings. The Morgan fingerprint density at radius 1 is 1.29 bits per heavy atom. The van der Waals surface area contributed by atoms with Crippen molar-refractivity contribution in [1.82, 2.24) is 10.2 Å². The number of hydrogen-bond donors (Lipinski definition) is 1. The molecule has 3 rings (SSSR count). The van der Waals surface area contributed by atoms with E-state index in [0.717, 1.165) is 25.3 Å². The Hall–Kier alpha value is -1.06. The zero-order valence-electron chi connectivity index (χ0n) is 13.4. The van der Waals surface area contributed by atoms with Crippen molar-refractivity contribution in [2.24, 2.45) is 0 Å². The van der Waals surface area contributed by atoms with Crippen molar-refractivity contribution < 1.29 is 4.74 Å². The van der Waals surface area contributed by atoms with Crippen LogP contribution in [0.25, 0.3) is 0 Å². The van der Waals surface area contributed by atoms with E-state index in [1.807, 2.05) is 0 Å². The lowest BCUT2D eigenvalue weighted by Gasteiger charge is -2.32. The highest BCUT2D eigenvalue weighted by Gasteiger charge is 2.23. The monoisotopic (exact) mass is 288 g/mol. The molecule has 2 aliphatic heterocycles. The van der Waals surface area contributed by atoms with Gasteiger partial charge in [0.15, 0.2) is 0 Å². The van der Waals surface area contributed by atoms with Crippen LogP contribution >= 0.6 is 0 Å². The average molecular weight is 288 g/mol. The first-order valence-corrected chi connectivity index (χ1v) is 8.43. The number of nitrogens with one attached hydrogen (secondary N) is 1. The highest BCUT2D eigenvalue weighted by molar-refractivity contribution is 5.40. The molecule has 3 nitrogen and oxygen atoms in total. The number of nitrogens with zero attached hydrogens (tertiary/aromatic N) is 1. The molecule has 0 aliphatic carbocycles. The van der Waals surface area contributed by atoms with E-state index < -0.39 is 0 Å². The van der Waals surface area contributed by atoms with Gasteiger partial charge in [-0.15, -0.1) is 0 Å². The van der Waals surface area contributed by atoms with Crippen LogP contribution in [-0.4, -0.2) is 43.2 Å². The first-order chi connectivity index (χ1) is 10.2. The number of likely N-dealkylation sites (tertiary alicyclic amines) is 1. The van der Waals surface area contributed by atoms with Crippen molar-refractivity contribution >= 4 is 0 Å². The van der Waals surface area contributed by atoms with E-state index in [9.17, 15) is 0 Å². The Balaban J connectivity index is 1.40. The number of benzene rings is 1. The van der Waals surface area contributed by atoms with Gasteiger partial charge in [-0.2, -0.15) is 0 Å². The molecule has 0 amide bonds. The molecule has 2 aliphatic rings. The van der Waals surface area contributed by atoms with Crippen LogP contribution in [0.2, 0.25) is 0 Å². The summed E-state index contributed by atoms with van der Waals surface area (Å²) in [5.74, 6) is 1.08. The Kier molecular flexibility index (Phi) is 4.81. The predicted octanol–water partition coefficient (Wildman–Crippen LogP) is 2.76. The lowest BCUT2D eigenvalue weighted by molar-refractivity contribution is 0.164. The Labute approximate surface area is 128 Å². The fourth-order valence-corrected chi connectivity index (χ4v) is 3.50. The first kappa shape index (κ1) is 14.9. The molecule has 2 atom stereocenters. The summed E-state index contributed by atoms with van der Waals surface area (Å²) in [5.41, 5.74) is 2.69. The molecule has 1 aromatic carbocycles. The molecule has 116 valence electrons. The highest BCUT2D eigenvalue weighted by Crippen LogP contribution is 2.29. The number of ether oxygens (including phenoxy) is 1. The maximum Gasteiger partial charge on any atom is 0.123 e. The SMILES string of the molecule is Cc1ccc2c(c1)CC(CNCC(C)N1CCCCC1)O2. The van der Waals surface area contributed by atoms with Crippen molar-refractivity contribution in [2.45, 2.75) is 51.7 Å². The average Bonchev–Trinajstić information content (AvgIpc) is 2.89. The summed E-state index contributed by atoms with van der Waals surface area (Å²) in [6.45, 7) is 9.04. The molecule has 1 fully saturated rings. The smallest absolute Gasteiger partial charge is 0.123 e. The maximum atomic E-state index is 6.01. The third kappa shape index (κ3) is 3.78. The van der Waals surface area contributed by atoms with E-state index in [1.54, 1.807) is 0 Å². The normalized spacial score (nSPS) is 23.6. The summed E-state index contributed by atoms with van der Waals surface area (Å²) in [6, 6.07) is 7.14. The molecule has 0 aromatic heterocycles. The van der Waals surface area contributed by atoms with Crippen LogP contribution in [0, 0.1) is 6.92 Å². The van der Waals surface area contributed by atoms with E-state index in [-0.39, 0.29) is 0 Å². The minimum absolute atomic E-state index is 0.301. The van der Waals surface area contributed by atoms with E-state index in [1.165, 1.54) is 43.5 Å². The number of fused-ring (bicyclic) bond motifs is 1. The van der Waals surface area contributed by atoms with Crippen LogP contribution in [0.3, 0.4) is 0 Å². The zero-order valence-corrected chi connectivity index (χ0v) is 13.4. The van der Waals surface area contributed by atoms with E-state index in [0.29, 0.717) is 12.1 Å². The number of piperidine rings is 1. The lowest BCUT2D eigenvalue weighted by Crippen LogP contribution is -2.44. The van der Waals surface area contributed by atoms with Crippen molar-refractivity contribution in [1.29, 1.82) is 0 Å². The summed E-state index contributed by atoms with van der Waals surface area (Å²) < 4.78 is 6.01. The second kappa shape index (κ2) is 6.80. The number of hydrogen-bond acceptors (Lipinski definition) is 3. The van der Waals surface area contributed by atoms with Gasteiger partial charge in [0.1, 0.15) is 11.9 Å². The second-order valence-electron chi connectivity index (χ2n) is 6.66. The highest BCUT2D eigenvalue weighted by atomic mass is 16.5. The van der Waals surface area contributed by atoms with Crippen LogP contribution < -0.4 is 10.1 Å². The van der Waals surface area contributed by atoms with Crippen molar-refractivity contribution in [3.8, 4) is 5.75 Å². The van der Waals surface area contributed by atoms with Gasteiger partial charge in [-0.3, -0.25) is 4.90 Å². The van der Waals surface area contributed by atoms with Crippen LogP contribution in [-0.2, 0) is 6.42 Å². The third-order valence-corrected chi connectivity index (χ3v) is 4.78. The van der Waals surface area contributed by atoms with Crippen LogP contribution in [0.1, 0.15) is 37.3 Å². The van der Waals surface area contributed by atoms with Crippen molar-refractivity contribution in [3.05, 3.63) is 29.3 Å². The summed E-state index contributed by atoms with van der Waals surface area (Å²) in [5, 5.41) is 3.61. The second-order valence-corrected chi connectivity index (χ2v) is 6.66. The zero-order chi connectivity index (χ0) is 14.7. The molecule has 1 N–H and O–H groups in total. The topological polar surface area (TPSA) is 24.5 Å². The molecule has 0 radical (unpaired) electrons. The summed E-state index contributed by atoms with van der Waals surface area (Å²) in [6.07, 6.45) is 5.48. The van der Waals surface area contributed by atoms with E-state index >= 15 is 0 Å².